The maximum Gasteiger partial charge on any atom is 0.240 e. The third-order valence-corrected chi connectivity index (χ3v) is 5.58. The zero-order valence-corrected chi connectivity index (χ0v) is 14.8. The molecular weight excluding hydrogens is 318 g/mol. The molecule has 0 saturated heterocycles. The number of benzene rings is 1. The maximum atomic E-state index is 12.5. The summed E-state index contributed by atoms with van der Waals surface area (Å²) in [5.41, 5.74) is 0.666. The molecule has 0 bridgehead atoms. The van der Waals surface area contributed by atoms with Crippen molar-refractivity contribution in [1.82, 2.24) is 4.72 Å². The topological polar surface area (TPSA) is 55.4 Å². The predicted molar refractivity (Wildman–Crippen MR) is 90.0 cm³/mol. The molecule has 1 aromatic carbocycles. The van der Waals surface area contributed by atoms with Crippen LogP contribution in [0, 0.1) is 0 Å². The van der Waals surface area contributed by atoms with Crippen LogP contribution in [0.1, 0.15) is 31.2 Å². The third kappa shape index (κ3) is 3.88. The minimum Gasteiger partial charge on any atom is -0.496 e. The molecule has 0 radical (unpaired) electrons. The molecule has 0 aliphatic rings. The molecule has 0 unspecified atom stereocenters. The Morgan fingerprint density at radius 1 is 1.23 bits per heavy atom. The second-order valence-electron chi connectivity index (χ2n) is 6.02. The molecule has 0 fully saturated rings. The Morgan fingerprint density at radius 3 is 2.50 bits per heavy atom. The summed E-state index contributed by atoms with van der Waals surface area (Å²) in [6.45, 7) is 6.39. The lowest BCUT2D eigenvalue weighted by molar-refractivity contribution is 0.397. The normalized spacial score (nSPS) is 12.4. The van der Waals surface area contributed by atoms with Gasteiger partial charge in [0.2, 0.25) is 10.0 Å². The second-order valence-corrected chi connectivity index (χ2v) is 8.82. The van der Waals surface area contributed by atoms with Crippen LogP contribution < -0.4 is 9.46 Å². The zero-order valence-electron chi connectivity index (χ0n) is 13.2. The maximum absolute atomic E-state index is 12.5. The fourth-order valence-corrected chi connectivity index (χ4v) is 3.87. The van der Waals surface area contributed by atoms with Crippen molar-refractivity contribution >= 4 is 21.4 Å². The Labute approximate surface area is 136 Å². The van der Waals surface area contributed by atoms with Crippen LogP contribution in [0.5, 0.6) is 5.75 Å². The summed E-state index contributed by atoms with van der Waals surface area (Å²) in [5, 5.41) is 1.93. The van der Waals surface area contributed by atoms with E-state index in [0.717, 1.165) is 10.4 Å². The summed E-state index contributed by atoms with van der Waals surface area (Å²) in [5.74, 6) is 0.699. The number of sulfonamides is 1. The first-order chi connectivity index (χ1) is 10.2. The highest BCUT2D eigenvalue weighted by atomic mass is 32.2. The van der Waals surface area contributed by atoms with Crippen molar-refractivity contribution in [2.45, 2.75) is 37.6 Å². The molecule has 0 atom stereocenters. The molecule has 1 aromatic heterocycles. The lowest BCUT2D eigenvalue weighted by Gasteiger charge is -2.22. The van der Waals surface area contributed by atoms with Crippen molar-refractivity contribution in [3.05, 3.63) is 46.2 Å². The van der Waals surface area contributed by atoms with Gasteiger partial charge in [-0.15, -0.1) is 11.3 Å². The quantitative estimate of drug-likeness (QED) is 0.906. The molecule has 0 spiro atoms. The van der Waals surface area contributed by atoms with E-state index in [9.17, 15) is 8.42 Å². The summed E-state index contributed by atoms with van der Waals surface area (Å²) >= 11 is 1.53. The van der Waals surface area contributed by atoms with E-state index in [1.807, 2.05) is 38.3 Å². The van der Waals surface area contributed by atoms with Crippen LogP contribution in [-0.4, -0.2) is 15.5 Å². The number of rotatable bonds is 5. The van der Waals surface area contributed by atoms with Crippen LogP contribution in [0.25, 0.3) is 0 Å². The van der Waals surface area contributed by atoms with Gasteiger partial charge in [0.1, 0.15) is 5.75 Å². The lowest BCUT2D eigenvalue weighted by Crippen LogP contribution is -2.23. The number of hydrogen-bond acceptors (Lipinski definition) is 4. The van der Waals surface area contributed by atoms with Gasteiger partial charge < -0.3 is 4.74 Å². The summed E-state index contributed by atoms with van der Waals surface area (Å²) in [4.78, 5) is 1.24. The first-order valence-electron chi connectivity index (χ1n) is 6.94. The molecule has 1 heterocycles. The second kappa shape index (κ2) is 6.40. The predicted octanol–water partition coefficient (Wildman–Crippen LogP) is 3.53. The first kappa shape index (κ1) is 17.0. The van der Waals surface area contributed by atoms with Crippen molar-refractivity contribution < 1.29 is 13.2 Å². The average molecular weight is 339 g/mol. The van der Waals surface area contributed by atoms with E-state index in [1.165, 1.54) is 11.3 Å². The van der Waals surface area contributed by atoms with Crippen LogP contribution >= 0.6 is 11.3 Å². The van der Waals surface area contributed by atoms with Gasteiger partial charge in [-0.25, -0.2) is 13.1 Å². The van der Waals surface area contributed by atoms with Crippen LogP contribution in [0.2, 0.25) is 0 Å². The number of methoxy groups -OCH3 is 1. The highest BCUT2D eigenvalue weighted by Crippen LogP contribution is 2.33. The monoisotopic (exact) mass is 339 g/mol. The Bertz CT molecular complexity index is 729. The van der Waals surface area contributed by atoms with E-state index in [2.05, 4.69) is 4.72 Å². The standard InChI is InChI=1S/C16H21NO3S2/c1-16(2,3)14-10-13(7-8-15(14)20-4)22(18,19)17-11-12-6-5-9-21-12/h5-10,17H,11H2,1-4H3. The Hall–Kier alpha value is -1.37. The van der Waals surface area contributed by atoms with Gasteiger partial charge in [-0.3, -0.25) is 0 Å². The lowest BCUT2D eigenvalue weighted by atomic mass is 9.86. The molecule has 0 aliphatic heterocycles. The fourth-order valence-electron chi connectivity index (χ4n) is 2.10. The molecule has 0 aliphatic carbocycles. The van der Waals surface area contributed by atoms with Crippen molar-refractivity contribution in [3.8, 4) is 5.75 Å². The Balaban J connectivity index is 2.31. The molecule has 0 amide bonds. The molecule has 2 aromatic rings. The van der Waals surface area contributed by atoms with Gasteiger partial charge in [0, 0.05) is 17.0 Å². The van der Waals surface area contributed by atoms with E-state index >= 15 is 0 Å². The van der Waals surface area contributed by atoms with Crippen LogP contribution in [0.4, 0.5) is 0 Å². The van der Waals surface area contributed by atoms with Crippen molar-refractivity contribution in [1.29, 1.82) is 0 Å². The minimum atomic E-state index is -3.54. The van der Waals surface area contributed by atoms with Crippen molar-refractivity contribution in [3.63, 3.8) is 0 Å². The highest BCUT2D eigenvalue weighted by Gasteiger charge is 2.23. The van der Waals surface area contributed by atoms with Gasteiger partial charge >= 0.3 is 0 Å². The summed E-state index contributed by atoms with van der Waals surface area (Å²) in [6, 6.07) is 8.78. The van der Waals surface area contributed by atoms with E-state index in [0.29, 0.717) is 12.3 Å². The molecule has 1 N–H and O–H groups in total. The van der Waals surface area contributed by atoms with Gasteiger partial charge in [-0.1, -0.05) is 26.8 Å². The third-order valence-electron chi connectivity index (χ3n) is 3.31. The highest BCUT2D eigenvalue weighted by molar-refractivity contribution is 7.89. The zero-order chi connectivity index (χ0) is 16.4. The van der Waals surface area contributed by atoms with Gasteiger partial charge in [-0.05, 0) is 35.1 Å². The smallest absolute Gasteiger partial charge is 0.240 e. The van der Waals surface area contributed by atoms with Crippen molar-refractivity contribution in [2.24, 2.45) is 0 Å². The largest absolute Gasteiger partial charge is 0.496 e. The fraction of sp³-hybridized carbons (Fsp3) is 0.375. The summed E-state index contributed by atoms with van der Waals surface area (Å²) in [6.07, 6.45) is 0. The number of hydrogen-bond donors (Lipinski definition) is 1. The molecule has 22 heavy (non-hydrogen) atoms. The Kier molecular flexibility index (Phi) is 4.94. The van der Waals surface area contributed by atoms with Crippen molar-refractivity contribution in [2.75, 3.05) is 7.11 Å². The van der Waals surface area contributed by atoms with Gasteiger partial charge in [0.15, 0.2) is 0 Å². The van der Waals surface area contributed by atoms with Crippen LogP contribution in [-0.2, 0) is 22.0 Å². The van der Waals surface area contributed by atoms with Gasteiger partial charge in [0.25, 0.3) is 0 Å². The van der Waals surface area contributed by atoms with Crippen LogP contribution in [0.3, 0.4) is 0 Å². The minimum absolute atomic E-state index is 0.204. The molecular formula is C16H21NO3S2. The molecule has 6 heteroatoms. The SMILES string of the molecule is COc1ccc(S(=O)(=O)NCc2cccs2)cc1C(C)(C)C. The summed E-state index contributed by atoms with van der Waals surface area (Å²) in [7, 11) is -1.95. The van der Waals surface area contributed by atoms with E-state index in [1.54, 1.807) is 25.3 Å². The van der Waals surface area contributed by atoms with E-state index in [-0.39, 0.29) is 10.3 Å². The molecule has 4 nitrogen and oxygen atoms in total. The number of ether oxygens (including phenoxy) is 1. The molecule has 120 valence electrons. The Morgan fingerprint density at radius 2 is 1.95 bits per heavy atom. The van der Waals surface area contributed by atoms with Gasteiger partial charge in [-0.2, -0.15) is 0 Å². The molecule has 2 rings (SSSR count). The number of nitrogens with one attached hydrogen (secondary N) is 1. The van der Waals surface area contributed by atoms with E-state index < -0.39 is 10.0 Å². The van der Waals surface area contributed by atoms with Crippen LogP contribution in [0.15, 0.2) is 40.6 Å². The van der Waals surface area contributed by atoms with Gasteiger partial charge in [0.05, 0.1) is 12.0 Å². The first-order valence-corrected chi connectivity index (χ1v) is 9.31. The summed E-state index contributed by atoms with van der Waals surface area (Å²) < 4.78 is 32.9. The number of thiophene rings is 1. The average Bonchev–Trinajstić information content (AvgIpc) is 2.97. The van der Waals surface area contributed by atoms with E-state index in [4.69, 9.17) is 4.74 Å². The molecule has 0 saturated carbocycles.